The molecule has 4 nitrogen and oxygen atoms in total. The third-order valence-electron chi connectivity index (χ3n) is 4.74. The number of pyridine rings is 1. The Morgan fingerprint density at radius 3 is 2.86 bits per heavy atom. The highest BCUT2D eigenvalue weighted by Crippen LogP contribution is 2.54. The van der Waals surface area contributed by atoms with Gasteiger partial charge in [-0.3, -0.25) is 4.79 Å². The predicted molar refractivity (Wildman–Crippen MR) is 88.5 cm³/mol. The Labute approximate surface area is 133 Å². The molecule has 4 rings (SSSR count). The molecule has 112 valence electrons. The lowest BCUT2D eigenvalue weighted by atomic mass is 9.95. The number of nitrogens with one attached hydrogen (secondary N) is 1. The van der Waals surface area contributed by atoms with Gasteiger partial charge in [0.25, 0.3) is 0 Å². The number of aromatic nitrogens is 1. The molecule has 0 atom stereocenters. The molecule has 0 unspecified atom stereocenters. The lowest BCUT2D eigenvalue weighted by molar-refractivity contribution is 0.101. The van der Waals surface area contributed by atoms with E-state index in [2.05, 4.69) is 16.4 Å². The smallest absolute Gasteiger partial charge is 0.163 e. The number of carbonyl (C=O) groups is 1. The molecule has 1 spiro atoms. The van der Waals surface area contributed by atoms with Crippen LogP contribution in [0.5, 0.6) is 0 Å². The van der Waals surface area contributed by atoms with Gasteiger partial charge in [0.05, 0.1) is 10.6 Å². The fourth-order valence-electron chi connectivity index (χ4n) is 3.27. The largest absolute Gasteiger partial charge is 0.398 e. The zero-order chi connectivity index (χ0) is 15.5. The Morgan fingerprint density at radius 1 is 1.41 bits per heavy atom. The van der Waals surface area contributed by atoms with Gasteiger partial charge in [0.1, 0.15) is 5.82 Å². The van der Waals surface area contributed by atoms with Gasteiger partial charge in [-0.25, -0.2) is 4.98 Å². The van der Waals surface area contributed by atoms with Gasteiger partial charge in [-0.05, 0) is 31.9 Å². The second-order valence-electron chi connectivity index (χ2n) is 6.20. The summed E-state index contributed by atoms with van der Waals surface area (Å²) in [6.07, 6.45) is 4.20. The number of Topliss-reactive ketones (excluding diaryl/α,β-unsaturated/α-hetero) is 1. The minimum atomic E-state index is -0.126. The zero-order valence-electron chi connectivity index (χ0n) is 12.2. The first-order chi connectivity index (χ1) is 10.5. The van der Waals surface area contributed by atoms with Crippen molar-refractivity contribution in [3.8, 4) is 11.1 Å². The van der Waals surface area contributed by atoms with Crippen LogP contribution in [0.25, 0.3) is 11.1 Å². The highest BCUT2D eigenvalue weighted by molar-refractivity contribution is 6.37. The third-order valence-corrected chi connectivity index (χ3v) is 5.14. The Bertz CT molecular complexity index is 812. The summed E-state index contributed by atoms with van der Waals surface area (Å²) in [6.45, 7) is 2.44. The number of hydrogen-bond acceptors (Lipinski definition) is 4. The van der Waals surface area contributed by atoms with Gasteiger partial charge >= 0.3 is 0 Å². The molecular formula is C17H16ClN3O. The summed E-state index contributed by atoms with van der Waals surface area (Å²) in [5, 5.41) is 3.77. The number of anilines is 2. The van der Waals surface area contributed by atoms with Crippen molar-refractivity contribution in [2.45, 2.75) is 25.2 Å². The summed E-state index contributed by atoms with van der Waals surface area (Å²) in [5.41, 5.74) is 9.95. The normalized spacial score (nSPS) is 17.2. The van der Waals surface area contributed by atoms with Gasteiger partial charge in [0, 0.05) is 40.5 Å². The van der Waals surface area contributed by atoms with Crippen LogP contribution in [0.2, 0.25) is 5.02 Å². The highest BCUT2D eigenvalue weighted by Gasteiger charge is 2.49. The number of hydrogen-bond donors (Lipinski definition) is 2. The molecule has 2 aliphatic rings. The number of carbonyl (C=O) groups excluding carboxylic acids is 1. The SMILES string of the molecule is CC(=O)c1c(N)ccc(-c2cnc3c(c2)C2(CC2)CN3)c1Cl. The van der Waals surface area contributed by atoms with Crippen LogP contribution in [0.4, 0.5) is 11.5 Å². The summed E-state index contributed by atoms with van der Waals surface area (Å²) in [7, 11) is 0. The number of rotatable bonds is 2. The van der Waals surface area contributed by atoms with Crippen molar-refractivity contribution in [3.63, 3.8) is 0 Å². The summed E-state index contributed by atoms with van der Waals surface area (Å²) in [4.78, 5) is 16.3. The number of fused-ring (bicyclic) bond motifs is 2. The van der Waals surface area contributed by atoms with Crippen LogP contribution in [-0.2, 0) is 5.41 Å². The number of nitrogens with zero attached hydrogens (tertiary/aromatic N) is 1. The molecule has 5 heteroatoms. The zero-order valence-corrected chi connectivity index (χ0v) is 13.0. The first-order valence-corrected chi connectivity index (χ1v) is 7.73. The maximum atomic E-state index is 11.8. The minimum absolute atomic E-state index is 0.126. The molecule has 2 heterocycles. The number of nitrogens with two attached hydrogens (primary N) is 1. The molecule has 1 aromatic heterocycles. The van der Waals surface area contributed by atoms with E-state index in [1.165, 1.54) is 25.3 Å². The van der Waals surface area contributed by atoms with Crippen LogP contribution in [0.15, 0.2) is 24.4 Å². The molecule has 1 aliphatic carbocycles. The molecule has 1 saturated carbocycles. The van der Waals surface area contributed by atoms with Gasteiger partial charge in [-0.2, -0.15) is 0 Å². The van der Waals surface area contributed by atoms with Gasteiger partial charge in [0.2, 0.25) is 0 Å². The van der Waals surface area contributed by atoms with E-state index in [1.807, 2.05) is 6.07 Å². The molecular weight excluding hydrogens is 298 g/mol. The van der Waals surface area contributed by atoms with Gasteiger partial charge in [-0.15, -0.1) is 0 Å². The minimum Gasteiger partial charge on any atom is -0.398 e. The Balaban J connectivity index is 1.87. The Kier molecular flexibility index (Phi) is 2.76. The van der Waals surface area contributed by atoms with E-state index in [-0.39, 0.29) is 11.2 Å². The molecule has 2 aromatic rings. The van der Waals surface area contributed by atoms with E-state index in [9.17, 15) is 4.79 Å². The number of halogens is 1. The summed E-state index contributed by atoms with van der Waals surface area (Å²) >= 11 is 6.44. The Hall–Kier alpha value is -2.07. The lowest BCUT2D eigenvalue weighted by Crippen LogP contribution is -2.08. The quantitative estimate of drug-likeness (QED) is 0.656. The molecule has 0 amide bonds. The standard InChI is InChI=1S/C17H16ClN3O/c1-9(22)14-13(19)3-2-11(15(14)18)10-6-12-16(20-7-10)21-8-17(12)4-5-17/h2-3,6-7H,4-5,8,19H2,1H3,(H,20,21). The van der Waals surface area contributed by atoms with Crippen LogP contribution in [0.1, 0.15) is 35.7 Å². The van der Waals surface area contributed by atoms with Crippen LogP contribution >= 0.6 is 11.6 Å². The molecule has 3 N–H and O–H groups in total. The van der Waals surface area contributed by atoms with E-state index in [0.29, 0.717) is 16.3 Å². The van der Waals surface area contributed by atoms with Crippen molar-refractivity contribution in [1.82, 2.24) is 4.98 Å². The molecule has 0 saturated heterocycles. The lowest BCUT2D eigenvalue weighted by Gasteiger charge is -2.12. The van der Waals surface area contributed by atoms with Crippen molar-refractivity contribution in [1.29, 1.82) is 0 Å². The average molecular weight is 314 g/mol. The summed E-state index contributed by atoms with van der Waals surface area (Å²) in [5.74, 6) is 0.846. The second kappa shape index (κ2) is 4.46. The molecule has 1 fully saturated rings. The van der Waals surface area contributed by atoms with Crippen LogP contribution in [0, 0.1) is 0 Å². The molecule has 22 heavy (non-hydrogen) atoms. The van der Waals surface area contributed by atoms with Gasteiger partial charge < -0.3 is 11.1 Å². The fraction of sp³-hybridized carbons (Fsp3) is 0.294. The van der Waals surface area contributed by atoms with Crippen molar-refractivity contribution < 1.29 is 4.79 Å². The van der Waals surface area contributed by atoms with E-state index in [0.717, 1.165) is 23.5 Å². The summed E-state index contributed by atoms with van der Waals surface area (Å²) in [6, 6.07) is 5.74. The van der Waals surface area contributed by atoms with Crippen LogP contribution in [-0.4, -0.2) is 17.3 Å². The van der Waals surface area contributed by atoms with Crippen molar-refractivity contribution in [2.24, 2.45) is 0 Å². The third kappa shape index (κ3) is 1.83. The van der Waals surface area contributed by atoms with E-state index >= 15 is 0 Å². The van der Waals surface area contributed by atoms with E-state index < -0.39 is 0 Å². The van der Waals surface area contributed by atoms with E-state index in [4.69, 9.17) is 17.3 Å². The Morgan fingerprint density at radius 2 is 2.18 bits per heavy atom. The van der Waals surface area contributed by atoms with Gasteiger partial charge in [-0.1, -0.05) is 17.7 Å². The molecule has 1 aliphatic heterocycles. The monoisotopic (exact) mass is 313 g/mol. The number of nitrogen functional groups attached to an aromatic ring is 1. The highest BCUT2D eigenvalue weighted by atomic mass is 35.5. The number of benzene rings is 1. The first-order valence-electron chi connectivity index (χ1n) is 7.35. The van der Waals surface area contributed by atoms with E-state index in [1.54, 1.807) is 12.3 Å². The van der Waals surface area contributed by atoms with Gasteiger partial charge in [0.15, 0.2) is 5.78 Å². The fourth-order valence-corrected chi connectivity index (χ4v) is 3.69. The molecule has 0 radical (unpaired) electrons. The first kappa shape index (κ1) is 13.6. The van der Waals surface area contributed by atoms with Crippen LogP contribution < -0.4 is 11.1 Å². The second-order valence-corrected chi connectivity index (χ2v) is 6.58. The maximum Gasteiger partial charge on any atom is 0.163 e. The summed E-state index contributed by atoms with van der Waals surface area (Å²) < 4.78 is 0. The van der Waals surface area contributed by atoms with Crippen molar-refractivity contribution in [3.05, 3.63) is 40.5 Å². The maximum absolute atomic E-state index is 11.8. The topological polar surface area (TPSA) is 68.0 Å². The van der Waals surface area contributed by atoms with Crippen LogP contribution in [0.3, 0.4) is 0 Å². The molecule has 0 bridgehead atoms. The van der Waals surface area contributed by atoms with Crippen molar-refractivity contribution in [2.75, 3.05) is 17.6 Å². The average Bonchev–Trinajstić information content (AvgIpc) is 3.17. The van der Waals surface area contributed by atoms with Crippen molar-refractivity contribution >= 4 is 28.9 Å². The predicted octanol–water partition coefficient (Wildman–Crippen LogP) is 3.64. The number of ketones is 1. The molecule has 1 aromatic carbocycles.